The van der Waals surface area contributed by atoms with Crippen LogP contribution in [0.3, 0.4) is 0 Å². The predicted octanol–water partition coefficient (Wildman–Crippen LogP) is 9.18. The van der Waals surface area contributed by atoms with E-state index >= 15 is 0 Å². The molecule has 0 heterocycles. The predicted molar refractivity (Wildman–Crippen MR) is 162 cm³/mol. The molecular formula is C36H30NbO6. The zero-order valence-electron chi connectivity index (χ0n) is 23.2. The molecule has 0 aliphatic carbocycles. The summed E-state index contributed by atoms with van der Waals surface area (Å²) in [5, 5.41) is 0. The van der Waals surface area contributed by atoms with Gasteiger partial charge in [-0.15, -0.1) is 0 Å². The summed E-state index contributed by atoms with van der Waals surface area (Å²) in [6, 6.07) is 54.6. The number of hydrogen-bond donors (Lipinski definition) is 0. The van der Waals surface area contributed by atoms with E-state index in [0.717, 1.165) is 0 Å². The molecule has 0 N–H and O–H groups in total. The van der Waals surface area contributed by atoms with E-state index < -0.39 is 16.9 Å². The van der Waals surface area contributed by atoms with Crippen LogP contribution in [0.4, 0.5) is 0 Å². The molecule has 0 saturated carbocycles. The van der Waals surface area contributed by atoms with Crippen LogP contribution in [0.5, 0.6) is 34.5 Å². The van der Waals surface area contributed by atoms with Crippen LogP contribution < -0.4 is 19.5 Å². The van der Waals surface area contributed by atoms with Crippen molar-refractivity contribution in [2.75, 3.05) is 0 Å². The van der Waals surface area contributed by atoms with Gasteiger partial charge in [0.15, 0.2) is 0 Å². The molecule has 6 rings (SSSR count). The van der Waals surface area contributed by atoms with Gasteiger partial charge in [0.2, 0.25) is 0 Å². The standard InChI is InChI=1S/6C6H6O.Nb/c6*7-6-4-2-1-3-5-6;/h6*1-5,7H;/q;;;;;;+6/p-6. The second-order valence-electron chi connectivity index (χ2n) is 9.54. The van der Waals surface area contributed by atoms with Gasteiger partial charge in [0.25, 0.3) is 0 Å². The second-order valence-corrected chi connectivity index (χ2v) is 17.7. The average molecular weight is 652 g/mol. The topological polar surface area (TPSA) is 55.4 Å². The normalized spacial score (nSPS) is 12.6. The zero-order valence-corrected chi connectivity index (χ0v) is 25.4. The average Bonchev–Trinajstić information content (AvgIpc) is 3.04. The van der Waals surface area contributed by atoms with Crippen molar-refractivity contribution < 1.29 is 36.3 Å². The number of rotatable bonds is 12. The zero-order chi connectivity index (χ0) is 29.3. The molecule has 6 nitrogen and oxygen atoms in total. The van der Waals surface area contributed by atoms with Crippen molar-refractivity contribution in [3.8, 4) is 34.5 Å². The van der Waals surface area contributed by atoms with Gasteiger partial charge in [-0.2, -0.15) is 0 Å². The molecule has 215 valence electrons. The molecule has 43 heavy (non-hydrogen) atoms. The molecule has 0 radical (unpaired) electrons. The van der Waals surface area contributed by atoms with Crippen LogP contribution in [0.2, 0.25) is 0 Å². The fourth-order valence-electron chi connectivity index (χ4n) is 4.46. The van der Waals surface area contributed by atoms with Crippen LogP contribution in [0.25, 0.3) is 0 Å². The van der Waals surface area contributed by atoms with Crippen LogP contribution in [-0.4, -0.2) is 0 Å². The van der Waals surface area contributed by atoms with E-state index in [9.17, 15) is 0 Å². The Morgan fingerprint density at radius 3 is 0.488 bits per heavy atom. The number of benzene rings is 6. The maximum absolute atomic E-state index is 7.79. The Morgan fingerprint density at radius 1 is 0.209 bits per heavy atom. The molecule has 0 aliphatic rings. The first kappa shape index (κ1) is 28.0. The molecule has 6 aromatic carbocycles. The SMILES string of the molecule is c1ccc([O][Nb]([O]c2ccccc2)([O]c2ccccc2)([O]c2ccccc2)([O]c2ccccc2)[O]c2ccccc2)cc1. The Hall–Kier alpha value is -5.14. The van der Waals surface area contributed by atoms with E-state index in [2.05, 4.69) is 0 Å². The summed E-state index contributed by atoms with van der Waals surface area (Å²) < 4.78 is 42.5. The van der Waals surface area contributed by atoms with Crippen LogP contribution in [0.1, 0.15) is 0 Å². The van der Waals surface area contributed by atoms with Crippen LogP contribution >= 0.6 is 0 Å². The van der Waals surface area contributed by atoms with Gasteiger partial charge in [0.1, 0.15) is 0 Å². The Balaban J connectivity index is 1.77. The van der Waals surface area contributed by atoms with Gasteiger partial charge in [0.05, 0.1) is 0 Å². The van der Waals surface area contributed by atoms with Crippen LogP contribution in [-0.2, 0) is 16.9 Å². The minimum absolute atomic E-state index is 0.339. The number of hydrogen-bond acceptors (Lipinski definition) is 6. The fraction of sp³-hybridized carbons (Fsp3) is 0. The van der Waals surface area contributed by atoms with Crippen molar-refractivity contribution in [2.45, 2.75) is 0 Å². The monoisotopic (exact) mass is 651 g/mol. The van der Waals surface area contributed by atoms with E-state index in [1.54, 1.807) is 72.8 Å². The maximum atomic E-state index is 7.08. The molecule has 0 atom stereocenters. The van der Waals surface area contributed by atoms with Crippen molar-refractivity contribution in [2.24, 2.45) is 0 Å². The molecule has 7 heteroatoms. The third-order valence-electron chi connectivity index (χ3n) is 6.21. The Kier molecular flexibility index (Phi) is 7.57. The van der Waals surface area contributed by atoms with Gasteiger partial charge >= 0.3 is 253 Å². The summed E-state index contributed by atoms with van der Waals surface area (Å²) in [4.78, 5) is 0. The van der Waals surface area contributed by atoms with E-state index in [1.165, 1.54) is 0 Å². The van der Waals surface area contributed by atoms with E-state index in [4.69, 9.17) is 19.5 Å². The molecule has 0 fully saturated rings. The first-order valence-corrected chi connectivity index (χ1v) is 19.2. The number of para-hydroxylation sites is 6. The van der Waals surface area contributed by atoms with Gasteiger partial charge in [-0.05, 0) is 0 Å². The third-order valence-corrected chi connectivity index (χ3v) is 14.8. The molecule has 0 aliphatic heterocycles. The van der Waals surface area contributed by atoms with Gasteiger partial charge in [-0.3, -0.25) is 0 Å². The van der Waals surface area contributed by atoms with E-state index in [0.29, 0.717) is 34.5 Å². The van der Waals surface area contributed by atoms with Gasteiger partial charge in [0, 0.05) is 0 Å². The van der Waals surface area contributed by atoms with Crippen molar-refractivity contribution in [3.05, 3.63) is 182 Å². The molecule has 0 bridgehead atoms. The fourth-order valence-corrected chi connectivity index (χ4v) is 14.0. The summed E-state index contributed by atoms with van der Waals surface area (Å²) >= 11 is -7.79. The second kappa shape index (κ2) is 11.6. The van der Waals surface area contributed by atoms with Crippen molar-refractivity contribution in [3.63, 3.8) is 0 Å². The molecular weight excluding hydrogens is 621 g/mol. The Morgan fingerprint density at radius 2 is 0.349 bits per heavy atom. The van der Waals surface area contributed by atoms with Gasteiger partial charge < -0.3 is 0 Å². The molecule has 0 aromatic heterocycles. The van der Waals surface area contributed by atoms with Crippen LogP contribution in [0.15, 0.2) is 182 Å². The summed E-state index contributed by atoms with van der Waals surface area (Å²) in [7, 11) is 0. The first-order chi connectivity index (χ1) is 21.1. The summed E-state index contributed by atoms with van der Waals surface area (Å²) in [6.45, 7) is 0. The summed E-state index contributed by atoms with van der Waals surface area (Å²) in [6.07, 6.45) is 0. The summed E-state index contributed by atoms with van der Waals surface area (Å²) in [5.74, 6) is 2.03. The van der Waals surface area contributed by atoms with Gasteiger partial charge in [-0.1, -0.05) is 0 Å². The van der Waals surface area contributed by atoms with Crippen molar-refractivity contribution in [1.82, 2.24) is 0 Å². The van der Waals surface area contributed by atoms with Crippen LogP contribution in [0, 0.1) is 0 Å². The summed E-state index contributed by atoms with van der Waals surface area (Å²) in [5.41, 5.74) is 0. The van der Waals surface area contributed by atoms with Crippen molar-refractivity contribution >= 4 is 0 Å². The molecule has 6 aromatic rings. The van der Waals surface area contributed by atoms with Crippen molar-refractivity contribution in [1.29, 1.82) is 0 Å². The van der Waals surface area contributed by atoms with E-state index in [1.807, 2.05) is 109 Å². The Labute approximate surface area is 251 Å². The minimum atomic E-state index is -7.79. The molecule has 0 amide bonds. The molecule has 0 saturated heterocycles. The first-order valence-electron chi connectivity index (χ1n) is 13.8. The quantitative estimate of drug-likeness (QED) is 0.123. The molecule has 0 unspecified atom stereocenters. The molecule has 0 spiro atoms. The third kappa shape index (κ3) is 6.22. The van der Waals surface area contributed by atoms with Gasteiger partial charge in [-0.25, -0.2) is 0 Å². The van der Waals surface area contributed by atoms with E-state index in [-0.39, 0.29) is 0 Å². The Bertz CT molecular complexity index is 1380.